The first-order chi connectivity index (χ1) is 13.0. The second-order valence-electron chi connectivity index (χ2n) is 6.45. The molecule has 0 aliphatic heterocycles. The van der Waals surface area contributed by atoms with E-state index in [0.29, 0.717) is 37.1 Å². The summed E-state index contributed by atoms with van der Waals surface area (Å²) in [7, 11) is 0. The Bertz CT molecular complexity index is 732. The molecule has 0 saturated heterocycles. The van der Waals surface area contributed by atoms with E-state index in [1.807, 2.05) is 35.2 Å². The Labute approximate surface area is 169 Å². The smallest absolute Gasteiger partial charge is 0.357 e. The van der Waals surface area contributed by atoms with Gasteiger partial charge in [0.1, 0.15) is 5.01 Å². The van der Waals surface area contributed by atoms with Crippen LogP contribution in [0.15, 0.2) is 40.6 Å². The molecule has 27 heavy (non-hydrogen) atoms. The molecule has 0 bridgehead atoms. The zero-order chi connectivity index (χ0) is 19.6. The van der Waals surface area contributed by atoms with Gasteiger partial charge in [-0.15, -0.1) is 23.1 Å². The zero-order valence-corrected chi connectivity index (χ0v) is 17.6. The van der Waals surface area contributed by atoms with E-state index in [1.54, 1.807) is 12.3 Å². The Hall–Kier alpha value is -1.86. The highest BCUT2D eigenvalue weighted by Gasteiger charge is 2.18. The second kappa shape index (κ2) is 11.1. The third-order valence-corrected chi connectivity index (χ3v) is 5.63. The lowest BCUT2D eigenvalue weighted by Crippen LogP contribution is -2.33. The van der Waals surface area contributed by atoms with E-state index in [9.17, 15) is 9.59 Å². The third kappa shape index (κ3) is 7.34. The molecular weight excluding hydrogens is 380 g/mol. The lowest BCUT2D eigenvalue weighted by molar-refractivity contribution is -0.129. The fourth-order valence-corrected chi connectivity index (χ4v) is 3.90. The molecule has 1 aromatic heterocycles. The molecule has 0 aliphatic rings. The molecule has 2 rings (SSSR count). The predicted molar refractivity (Wildman–Crippen MR) is 110 cm³/mol. The van der Waals surface area contributed by atoms with E-state index in [4.69, 9.17) is 4.74 Å². The molecule has 0 fully saturated rings. The SMILES string of the molecule is CCOC(=O)c1csc(CN(CCC(C)C)C(=O)CSc2ccccc2)n1. The Morgan fingerprint density at radius 2 is 2.00 bits per heavy atom. The van der Waals surface area contributed by atoms with Crippen LogP contribution < -0.4 is 0 Å². The van der Waals surface area contributed by atoms with Gasteiger partial charge in [0.15, 0.2) is 5.69 Å². The molecule has 1 amide bonds. The van der Waals surface area contributed by atoms with Crippen molar-refractivity contribution in [3.63, 3.8) is 0 Å². The zero-order valence-electron chi connectivity index (χ0n) is 16.0. The van der Waals surface area contributed by atoms with E-state index in [0.717, 1.165) is 16.3 Å². The van der Waals surface area contributed by atoms with Gasteiger partial charge in [-0.3, -0.25) is 4.79 Å². The molecule has 2 aromatic rings. The summed E-state index contributed by atoms with van der Waals surface area (Å²) in [5, 5.41) is 2.44. The highest BCUT2D eigenvalue weighted by molar-refractivity contribution is 8.00. The van der Waals surface area contributed by atoms with Gasteiger partial charge in [0.2, 0.25) is 5.91 Å². The maximum atomic E-state index is 12.8. The van der Waals surface area contributed by atoms with Crippen LogP contribution in [0.4, 0.5) is 0 Å². The quantitative estimate of drug-likeness (QED) is 0.430. The van der Waals surface area contributed by atoms with E-state index in [2.05, 4.69) is 18.8 Å². The summed E-state index contributed by atoms with van der Waals surface area (Å²) >= 11 is 2.92. The van der Waals surface area contributed by atoms with Crippen molar-refractivity contribution in [3.8, 4) is 0 Å². The highest BCUT2D eigenvalue weighted by Crippen LogP contribution is 2.20. The Kier molecular flexibility index (Phi) is 8.81. The van der Waals surface area contributed by atoms with Crippen LogP contribution in [-0.2, 0) is 16.1 Å². The number of carbonyl (C=O) groups excluding carboxylic acids is 2. The molecule has 1 aromatic carbocycles. The largest absolute Gasteiger partial charge is 0.461 e. The van der Waals surface area contributed by atoms with Crippen molar-refractivity contribution in [2.45, 2.75) is 38.6 Å². The number of aromatic nitrogens is 1. The molecule has 5 nitrogen and oxygen atoms in total. The van der Waals surface area contributed by atoms with Crippen molar-refractivity contribution in [2.24, 2.45) is 5.92 Å². The van der Waals surface area contributed by atoms with Gasteiger partial charge in [-0.25, -0.2) is 9.78 Å². The van der Waals surface area contributed by atoms with Crippen molar-refractivity contribution in [2.75, 3.05) is 18.9 Å². The average Bonchev–Trinajstić information content (AvgIpc) is 3.13. The highest BCUT2D eigenvalue weighted by atomic mass is 32.2. The fourth-order valence-electron chi connectivity index (χ4n) is 2.30. The molecule has 7 heteroatoms. The first-order valence-corrected chi connectivity index (χ1v) is 10.9. The number of amides is 1. The van der Waals surface area contributed by atoms with Crippen LogP contribution >= 0.6 is 23.1 Å². The van der Waals surface area contributed by atoms with Crippen LogP contribution in [0, 0.1) is 5.92 Å². The summed E-state index contributed by atoms with van der Waals surface area (Å²) in [6.07, 6.45) is 0.928. The van der Waals surface area contributed by atoms with Gasteiger partial charge in [-0.1, -0.05) is 32.0 Å². The predicted octanol–water partition coefficient (Wildman–Crippen LogP) is 4.49. The summed E-state index contributed by atoms with van der Waals surface area (Å²) in [5.74, 6) is 0.559. The van der Waals surface area contributed by atoms with Crippen LogP contribution in [0.1, 0.15) is 42.7 Å². The third-order valence-electron chi connectivity index (χ3n) is 3.80. The number of nitrogens with zero attached hydrogens (tertiary/aromatic N) is 2. The van der Waals surface area contributed by atoms with Crippen LogP contribution in [-0.4, -0.2) is 40.7 Å². The number of thiazole rings is 1. The number of rotatable bonds is 10. The number of hydrogen-bond acceptors (Lipinski definition) is 6. The monoisotopic (exact) mass is 406 g/mol. The number of benzene rings is 1. The van der Waals surface area contributed by atoms with Gasteiger partial charge < -0.3 is 9.64 Å². The van der Waals surface area contributed by atoms with Crippen LogP contribution in [0.2, 0.25) is 0 Å². The van der Waals surface area contributed by atoms with Crippen molar-refractivity contribution < 1.29 is 14.3 Å². The number of ether oxygens (including phenoxy) is 1. The van der Waals surface area contributed by atoms with Gasteiger partial charge in [0.05, 0.1) is 18.9 Å². The molecular formula is C20H26N2O3S2. The fraction of sp³-hybridized carbons (Fsp3) is 0.450. The van der Waals surface area contributed by atoms with Crippen molar-refractivity contribution in [3.05, 3.63) is 46.4 Å². The minimum Gasteiger partial charge on any atom is -0.461 e. The Morgan fingerprint density at radius 1 is 1.26 bits per heavy atom. The maximum Gasteiger partial charge on any atom is 0.357 e. The minimum absolute atomic E-state index is 0.0809. The number of thioether (sulfide) groups is 1. The lowest BCUT2D eigenvalue weighted by atomic mass is 10.1. The molecule has 0 radical (unpaired) electrons. The van der Waals surface area contributed by atoms with Gasteiger partial charge in [0, 0.05) is 16.8 Å². The first-order valence-electron chi connectivity index (χ1n) is 9.06. The van der Waals surface area contributed by atoms with Crippen molar-refractivity contribution in [1.29, 1.82) is 0 Å². The van der Waals surface area contributed by atoms with Crippen LogP contribution in [0.25, 0.3) is 0 Å². The maximum absolute atomic E-state index is 12.8. The normalized spacial score (nSPS) is 10.8. The summed E-state index contributed by atoms with van der Waals surface area (Å²) in [6, 6.07) is 9.90. The molecule has 0 N–H and O–H groups in total. The number of carbonyl (C=O) groups is 2. The first kappa shape index (κ1) is 21.4. The molecule has 0 spiro atoms. The second-order valence-corrected chi connectivity index (χ2v) is 8.44. The van der Waals surface area contributed by atoms with Gasteiger partial charge >= 0.3 is 5.97 Å². The minimum atomic E-state index is -0.417. The molecule has 146 valence electrons. The molecule has 0 unspecified atom stereocenters. The summed E-state index contributed by atoms with van der Waals surface area (Å²) in [4.78, 5) is 31.8. The van der Waals surface area contributed by atoms with Gasteiger partial charge in [0.25, 0.3) is 0 Å². The molecule has 0 aliphatic carbocycles. The number of esters is 1. The summed E-state index contributed by atoms with van der Waals surface area (Å²) in [5.41, 5.74) is 0.312. The van der Waals surface area contributed by atoms with Gasteiger partial charge in [-0.05, 0) is 31.4 Å². The standard InChI is InChI=1S/C20H26N2O3S2/c1-4-25-20(24)17-13-27-18(21-17)12-22(11-10-15(2)3)19(23)14-26-16-8-6-5-7-9-16/h5-9,13,15H,4,10-12,14H2,1-3H3. The average molecular weight is 407 g/mol. The molecule has 1 heterocycles. The summed E-state index contributed by atoms with van der Waals surface area (Å²) < 4.78 is 4.98. The van der Waals surface area contributed by atoms with Crippen molar-refractivity contribution in [1.82, 2.24) is 9.88 Å². The summed E-state index contributed by atoms with van der Waals surface area (Å²) in [6.45, 7) is 7.47. The molecule has 0 saturated carbocycles. The van der Waals surface area contributed by atoms with Crippen LogP contribution in [0.3, 0.4) is 0 Å². The Balaban J connectivity index is 2.00. The van der Waals surface area contributed by atoms with Gasteiger partial charge in [-0.2, -0.15) is 0 Å². The lowest BCUT2D eigenvalue weighted by Gasteiger charge is -2.22. The van der Waals surface area contributed by atoms with Crippen molar-refractivity contribution >= 4 is 35.0 Å². The Morgan fingerprint density at radius 3 is 2.67 bits per heavy atom. The molecule has 0 atom stereocenters. The van der Waals surface area contributed by atoms with E-state index in [-0.39, 0.29) is 5.91 Å². The topological polar surface area (TPSA) is 59.5 Å². The number of hydrogen-bond donors (Lipinski definition) is 0. The van der Waals surface area contributed by atoms with E-state index in [1.165, 1.54) is 23.1 Å². The van der Waals surface area contributed by atoms with Crippen LogP contribution in [0.5, 0.6) is 0 Å². The van der Waals surface area contributed by atoms with E-state index < -0.39 is 5.97 Å². The van der Waals surface area contributed by atoms with E-state index >= 15 is 0 Å².